The van der Waals surface area contributed by atoms with Crippen LogP contribution in [0.25, 0.3) is 0 Å². The van der Waals surface area contributed by atoms with Crippen molar-refractivity contribution in [2.45, 2.75) is 59.0 Å². The Kier molecular flexibility index (Phi) is 5.45. The van der Waals surface area contributed by atoms with Gasteiger partial charge in [-0.15, -0.1) is 0 Å². The smallest absolute Gasteiger partial charge is 0.225 e. The number of nitrogens with one attached hydrogen (secondary N) is 1. The molecule has 1 N–H and O–H groups in total. The van der Waals surface area contributed by atoms with E-state index >= 15 is 0 Å². The second-order valence-corrected chi connectivity index (χ2v) is 8.04. The van der Waals surface area contributed by atoms with E-state index in [0.717, 1.165) is 12.0 Å². The summed E-state index contributed by atoms with van der Waals surface area (Å²) >= 11 is 0. The third-order valence-corrected chi connectivity index (χ3v) is 6.11. The molecule has 1 heterocycles. The van der Waals surface area contributed by atoms with Crippen LogP contribution in [0.1, 0.15) is 50.7 Å². The van der Waals surface area contributed by atoms with Gasteiger partial charge in [0.2, 0.25) is 11.8 Å². The first kappa shape index (κ1) is 18.0. The maximum absolute atomic E-state index is 12.7. The van der Waals surface area contributed by atoms with Gasteiger partial charge in [0.1, 0.15) is 0 Å². The minimum absolute atomic E-state index is 0.0608. The van der Waals surface area contributed by atoms with Gasteiger partial charge in [0.25, 0.3) is 0 Å². The average molecular weight is 342 g/mol. The number of carbonyl (C=O) groups excluding carboxylic acids is 2. The molecule has 1 aliphatic carbocycles. The zero-order valence-corrected chi connectivity index (χ0v) is 15.6. The SMILES string of the molecule is Cc1ccc(CN2C[C@H](C(=O)N[C@@H]3CCC[C@H](C)[C@H]3C)CC2=O)cc1. The lowest BCUT2D eigenvalue weighted by atomic mass is 9.78. The van der Waals surface area contributed by atoms with Crippen LogP contribution in [-0.2, 0) is 16.1 Å². The number of benzene rings is 1. The lowest BCUT2D eigenvalue weighted by Crippen LogP contribution is -2.46. The van der Waals surface area contributed by atoms with Gasteiger partial charge in [-0.3, -0.25) is 9.59 Å². The normalized spacial score (nSPS) is 29.7. The van der Waals surface area contributed by atoms with Crippen LogP contribution >= 0.6 is 0 Å². The molecule has 1 aromatic carbocycles. The molecule has 0 aromatic heterocycles. The maximum Gasteiger partial charge on any atom is 0.225 e. The van der Waals surface area contributed by atoms with Crippen LogP contribution in [0.4, 0.5) is 0 Å². The van der Waals surface area contributed by atoms with Gasteiger partial charge < -0.3 is 10.2 Å². The summed E-state index contributed by atoms with van der Waals surface area (Å²) < 4.78 is 0. The molecule has 2 amide bonds. The predicted molar refractivity (Wildman–Crippen MR) is 98.8 cm³/mol. The summed E-state index contributed by atoms with van der Waals surface area (Å²) in [6.07, 6.45) is 3.83. The first-order valence-electron chi connectivity index (χ1n) is 9.57. The monoisotopic (exact) mass is 342 g/mol. The van der Waals surface area contributed by atoms with E-state index in [1.807, 2.05) is 4.90 Å². The molecule has 1 saturated carbocycles. The molecule has 4 nitrogen and oxygen atoms in total. The van der Waals surface area contributed by atoms with Gasteiger partial charge in [0, 0.05) is 25.6 Å². The average Bonchev–Trinajstić information content (AvgIpc) is 2.95. The number of aryl methyl sites for hydroxylation is 1. The fraction of sp³-hybridized carbons (Fsp3) is 0.619. The summed E-state index contributed by atoms with van der Waals surface area (Å²) in [6.45, 7) is 7.69. The van der Waals surface area contributed by atoms with E-state index in [2.05, 4.69) is 50.4 Å². The van der Waals surface area contributed by atoms with Gasteiger partial charge in [-0.25, -0.2) is 0 Å². The quantitative estimate of drug-likeness (QED) is 0.913. The Morgan fingerprint density at radius 1 is 1.20 bits per heavy atom. The highest BCUT2D eigenvalue weighted by molar-refractivity contribution is 5.89. The van der Waals surface area contributed by atoms with Gasteiger partial charge in [0.05, 0.1) is 5.92 Å². The Bertz CT molecular complexity index is 625. The molecule has 0 bridgehead atoms. The first-order chi connectivity index (χ1) is 11.9. The second-order valence-electron chi connectivity index (χ2n) is 8.04. The number of hydrogen-bond donors (Lipinski definition) is 1. The summed E-state index contributed by atoms with van der Waals surface area (Å²) in [5, 5.41) is 3.24. The van der Waals surface area contributed by atoms with E-state index in [0.29, 0.717) is 31.3 Å². The van der Waals surface area contributed by atoms with Crippen molar-refractivity contribution < 1.29 is 9.59 Å². The van der Waals surface area contributed by atoms with Gasteiger partial charge in [-0.1, -0.05) is 56.5 Å². The van der Waals surface area contributed by atoms with E-state index in [1.165, 1.54) is 18.4 Å². The topological polar surface area (TPSA) is 49.4 Å². The summed E-state index contributed by atoms with van der Waals surface area (Å²) in [5.41, 5.74) is 2.33. The van der Waals surface area contributed by atoms with Crippen LogP contribution in [0.5, 0.6) is 0 Å². The third-order valence-electron chi connectivity index (χ3n) is 6.11. The van der Waals surface area contributed by atoms with Crippen LogP contribution in [0.15, 0.2) is 24.3 Å². The van der Waals surface area contributed by atoms with Crippen LogP contribution in [0.2, 0.25) is 0 Å². The Labute approximate surface area is 151 Å². The van der Waals surface area contributed by atoms with Crippen molar-refractivity contribution in [2.24, 2.45) is 17.8 Å². The minimum atomic E-state index is -0.206. The summed E-state index contributed by atoms with van der Waals surface area (Å²) in [4.78, 5) is 26.8. The number of likely N-dealkylation sites (tertiary alicyclic amines) is 1. The van der Waals surface area contributed by atoms with Crippen LogP contribution in [0, 0.1) is 24.7 Å². The number of amides is 2. The molecular weight excluding hydrogens is 312 g/mol. The molecule has 136 valence electrons. The summed E-state index contributed by atoms with van der Waals surface area (Å²) in [6, 6.07) is 8.50. The van der Waals surface area contributed by atoms with E-state index < -0.39 is 0 Å². The number of carbonyl (C=O) groups is 2. The van der Waals surface area contributed by atoms with Crippen molar-refractivity contribution in [1.29, 1.82) is 0 Å². The van der Waals surface area contributed by atoms with Crippen molar-refractivity contribution in [2.75, 3.05) is 6.54 Å². The molecule has 1 aromatic rings. The molecule has 25 heavy (non-hydrogen) atoms. The molecule has 0 spiro atoms. The molecule has 4 heteroatoms. The molecule has 3 rings (SSSR count). The lowest BCUT2D eigenvalue weighted by Gasteiger charge is -2.35. The van der Waals surface area contributed by atoms with Crippen LogP contribution in [-0.4, -0.2) is 29.3 Å². The van der Waals surface area contributed by atoms with Crippen molar-refractivity contribution in [3.63, 3.8) is 0 Å². The molecule has 1 aliphatic heterocycles. The second kappa shape index (κ2) is 7.59. The van der Waals surface area contributed by atoms with Gasteiger partial charge in [0.15, 0.2) is 0 Å². The fourth-order valence-corrected chi connectivity index (χ4v) is 4.10. The number of rotatable bonds is 4. The van der Waals surface area contributed by atoms with Crippen molar-refractivity contribution in [3.8, 4) is 0 Å². The van der Waals surface area contributed by atoms with Crippen molar-refractivity contribution in [1.82, 2.24) is 10.2 Å². The van der Waals surface area contributed by atoms with E-state index in [9.17, 15) is 9.59 Å². The highest BCUT2D eigenvalue weighted by Crippen LogP contribution is 2.30. The molecular formula is C21H30N2O2. The summed E-state index contributed by atoms with van der Waals surface area (Å²) in [5.74, 6) is 1.11. The highest BCUT2D eigenvalue weighted by Gasteiger charge is 2.36. The van der Waals surface area contributed by atoms with Crippen molar-refractivity contribution >= 4 is 11.8 Å². The minimum Gasteiger partial charge on any atom is -0.353 e. The Balaban J connectivity index is 1.56. The predicted octanol–water partition coefficient (Wildman–Crippen LogP) is 3.28. The molecule has 0 radical (unpaired) electrons. The molecule has 1 saturated heterocycles. The van der Waals surface area contributed by atoms with Gasteiger partial charge in [-0.2, -0.15) is 0 Å². The lowest BCUT2D eigenvalue weighted by molar-refractivity contribution is -0.129. The van der Waals surface area contributed by atoms with Crippen LogP contribution < -0.4 is 5.32 Å². The first-order valence-corrected chi connectivity index (χ1v) is 9.57. The maximum atomic E-state index is 12.7. The molecule has 2 aliphatic rings. The van der Waals surface area contributed by atoms with E-state index in [4.69, 9.17) is 0 Å². The highest BCUT2D eigenvalue weighted by atomic mass is 16.2. The summed E-state index contributed by atoms with van der Waals surface area (Å²) in [7, 11) is 0. The zero-order valence-electron chi connectivity index (χ0n) is 15.6. The Morgan fingerprint density at radius 3 is 2.64 bits per heavy atom. The van der Waals surface area contributed by atoms with Crippen LogP contribution in [0.3, 0.4) is 0 Å². The number of nitrogens with zero attached hydrogens (tertiary/aromatic N) is 1. The largest absolute Gasteiger partial charge is 0.353 e. The zero-order chi connectivity index (χ0) is 18.0. The fourth-order valence-electron chi connectivity index (χ4n) is 4.10. The molecule has 0 unspecified atom stereocenters. The Hall–Kier alpha value is -1.84. The van der Waals surface area contributed by atoms with Gasteiger partial charge in [-0.05, 0) is 30.7 Å². The number of hydrogen-bond acceptors (Lipinski definition) is 2. The molecule has 2 fully saturated rings. The van der Waals surface area contributed by atoms with E-state index in [1.54, 1.807) is 0 Å². The standard InChI is InChI=1S/C21H30N2O2/c1-14-7-9-17(10-8-14)12-23-13-18(11-20(23)24)21(25)22-19-6-4-5-15(2)16(19)3/h7-10,15-16,18-19H,4-6,11-13H2,1-3H3,(H,22,25)/t15-,16+,18+,19+/m0/s1. The third kappa shape index (κ3) is 4.23. The Morgan fingerprint density at radius 2 is 1.92 bits per heavy atom. The van der Waals surface area contributed by atoms with Gasteiger partial charge >= 0.3 is 0 Å². The van der Waals surface area contributed by atoms with E-state index in [-0.39, 0.29) is 23.8 Å². The van der Waals surface area contributed by atoms with Crippen molar-refractivity contribution in [3.05, 3.63) is 35.4 Å². The molecule has 4 atom stereocenters.